The summed E-state index contributed by atoms with van der Waals surface area (Å²) < 4.78 is 6.70. The van der Waals surface area contributed by atoms with Gasteiger partial charge in [-0.15, -0.1) is 0 Å². The highest BCUT2D eigenvalue weighted by Gasteiger charge is 2.36. The average Bonchev–Trinajstić information content (AvgIpc) is 3.21. The maximum atomic E-state index is 12.2. The first kappa shape index (κ1) is 19.3. The van der Waals surface area contributed by atoms with Gasteiger partial charge in [-0.25, -0.2) is 9.78 Å². The Balaban J connectivity index is 1.76. The van der Waals surface area contributed by atoms with Crippen molar-refractivity contribution in [2.24, 2.45) is 7.05 Å². The van der Waals surface area contributed by atoms with Crippen molar-refractivity contribution in [3.05, 3.63) is 71.3 Å². The van der Waals surface area contributed by atoms with E-state index in [0.29, 0.717) is 23.6 Å². The third kappa shape index (κ3) is 4.11. The number of imidazole rings is 1. The molecule has 1 aromatic carbocycles. The van der Waals surface area contributed by atoms with Gasteiger partial charge in [0.15, 0.2) is 5.78 Å². The molecular weight excluding hydrogens is 356 g/mol. The first-order valence-electron chi connectivity index (χ1n) is 8.84. The molecule has 1 heterocycles. The Labute approximate surface area is 163 Å². The van der Waals surface area contributed by atoms with Crippen LogP contribution in [0.3, 0.4) is 0 Å². The molecular formula is C22H20N2O4. The zero-order valence-corrected chi connectivity index (χ0v) is 15.7. The minimum atomic E-state index is -1.46. The number of aliphatic hydroxyl groups is 1. The van der Waals surface area contributed by atoms with E-state index in [1.165, 1.54) is 12.2 Å². The van der Waals surface area contributed by atoms with Gasteiger partial charge in [-0.1, -0.05) is 11.8 Å². The molecule has 6 heteroatoms. The zero-order chi connectivity index (χ0) is 20.1. The summed E-state index contributed by atoms with van der Waals surface area (Å²) in [6.45, 7) is 2.07. The second-order valence-electron chi connectivity index (χ2n) is 6.35. The highest BCUT2D eigenvalue weighted by molar-refractivity contribution is 6.11. The van der Waals surface area contributed by atoms with Crippen LogP contribution in [0.1, 0.15) is 35.1 Å². The number of aromatic nitrogens is 2. The van der Waals surface area contributed by atoms with Crippen molar-refractivity contribution in [3.63, 3.8) is 0 Å². The maximum absolute atomic E-state index is 12.2. The topological polar surface area (TPSA) is 81.4 Å². The van der Waals surface area contributed by atoms with Crippen LogP contribution in [0.4, 0.5) is 0 Å². The van der Waals surface area contributed by atoms with Crippen LogP contribution < -0.4 is 0 Å². The molecule has 1 aliphatic carbocycles. The van der Waals surface area contributed by atoms with Crippen molar-refractivity contribution in [2.75, 3.05) is 6.61 Å². The number of carbonyl (C=O) groups is 2. The fourth-order valence-corrected chi connectivity index (χ4v) is 2.79. The lowest BCUT2D eigenvalue weighted by Crippen LogP contribution is -2.27. The van der Waals surface area contributed by atoms with Crippen molar-refractivity contribution in [1.82, 2.24) is 9.55 Å². The highest BCUT2D eigenvalue weighted by atomic mass is 16.5. The van der Waals surface area contributed by atoms with E-state index in [4.69, 9.17) is 4.74 Å². The van der Waals surface area contributed by atoms with Crippen molar-refractivity contribution in [2.45, 2.75) is 18.9 Å². The number of esters is 1. The second-order valence-corrected chi connectivity index (χ2v) is 6.35. The monoisotopic (exact) mass is 376 g/mol. The van der Waals surface area contributed by atoms with Gasteiger partial charge in [0, 0.05) is 37.0 Å². The molecule has 1 N–H and O–H groups in total. The lowest BCUT2D eigenvalue weighted by Gasteiger charge is -2.19. The Morgan fingerprint density at radius 2 is 2.11 bits per heavy atom. The van der Waals surface area contributed by atoms with E-state index < -0.39 is 5.60 Å². The molecule has 1 aliphatic rings. The number of hydrogen-bond donors (Lipinski definition) is 1. The van der Waals surface area contributed by atoms with Gasteiger partial charge < -0.3 is 14.4 Å². The number of benzene rings is 1. The van der Waals surface area contributed by atoms with Gasteiger partial charge in [0.2, 0.25) is 0 Å². The Morgan fingerprint density at radius 3 is 2.75 bits per heavy atom. The minimum absolute atomic E-state index is 0.0606. The molecule has 0 radical (unpaired) electrons. The highest BCUT2D eigenvalue weighted by Crippen LogP contribution is 2.30. The molecule has 0 spiro atoms. The van der Waals surface area contributed by atoms with Crippen molar-refractivity contribution in [3.8, 4) is 11.8 Å². The number of aryl methyl sites for hydroxylation is 1. The van der Waals surface area contributed by atoms with Crippen LogP contribution >= 0.6 is 0 Å². The summed E-state index contributed by atoms with van der Waals surface area (Å²) in [5.41, 5.74) is -0.0649. The Bertz CT molecular complexity index is 1020. The fourth-order valence-electron chi connectivity index (χ4n) is 2.79. The summed E-state index contributed by atoms with van der Waals surface area (Å²) in [4.78, 5) is 28.0. The summed E-state index contributed by atoms with van der Waals surface area (Å²) in [6.07, 6.45) is 7.84. The Morgan fingerprint density at radius 1 is 1.36 bits per heavy atom. The summed E-state index contributed by atoms with van der Waals surface area (Å²) in [6, 6.07) is 6.71. The van der Waals surface area contributed by atoms with Crippen molar-refractivity contribution in [1.29, 1.82) is 0 Å². The van der Waals surface area contributed by atoms with E-state index in [2.05, 4.69) is 16.8 Å². The number of hydrogen-bond acceptors (Lipinski definition) is 5. The number of ether oxygens (including phenoxy) is 1. The van der Waals surface area contributed by atoms with E-state index in [9.17, 15) is 14.7 Å². The van der Waals surface area contributed by atoms with Crippen LogP contribution in [0, 0.1) is 11.8 Å². The van der Waals surface area contributed by atoms with Crippen LogP contribution in [0.5, 0.6) is 0 Å². The molecule has 0 aliphatic heterocycles. The molecule has 0 amide bonds. The maximum Gasteiger partial charge on any atom is 0.338 e. The average molecular weight is 376 g/mol. The van der Waals surface area contributed by atoms with Gasteiger partial charge in [-0.3, -0.25) is 4.79 Å². The number of carbonyl (C=O) groups excluding carboxylic acids is 2. The normalized spacial score (nSPS) is 19.5. The van der Waals surface area contributed by atoms with Gasteiger partial charge in [0.25, 0.3) is 0 Å². The molecule has 6 nitrogen and oxygen atoms in total. The van der Waals surface area contributed by atoms with Gasteiger partial charge in [0.05, 0.1) is 12.2 Å². The predicted octanol–water partition coefficient (Wildman–Crippen LogP) is 2.29. The second kappa shape index (κ2) is 8.07. The molecule has 0 saturated carbocycles. The van der Waals surface area contributed by atoms with Gasteiger partial charge >= 0.3 is 5.97 Å². The molecule has 28 heavy (non-hydrogen) atoms. The third-order valence-electron chi connectivity index (χ3n) is 4.36. The van der Waals surface area contributed by atoms with Crippen LogP contribution in [-0.2, 0) is 16.6 Å². The van der Waals surface area contributed by atoms with E-state index in [1.807, 2.05) is 7.05 Å². The lowest BCUT2D eigenvalue weighted by molar-refractivity contribution is -0.111. The van der Waals surface area contributed by atoms with E-state index >= 15 is 0 Å². The molecule has 0 bridgehead atoms. The summed E-state index contributed by atoms with van der Waals surface area (Å²) in [5.74, 6) is 5.80. The van der Waals surface area contributed by atoms with Crippen LogP contribution in [0.25, 0.3) is 6.08 Å². The van der Waals surface area contributed by atoms with Crippen LogP contribution in [0.15, 0.2) is 54.4 Å². The molecule has 0 fully saturated rings. The van der Waals surface area contributed by atoms with Crippen LogP contribution in [-0.4, -0.2) is 38.6 Å². The third-order valence-corrected chi connectivity index (χ3v) is 4.36. The van der Waals surface area contributed by atoms with Gasteiger partial charge in [-0.2, -0.15) is 0 Å². The van der Waals surface area contributed by atoms with Crippen LogP contribution in [0.2, 0.25) is 0 Å². The van der Waals surface area contributed by atoms with E-state index in [1.54, 1.807) is 54.2 Å². The fraction of sp³-hybridized carbons (Fsp3) is 0.227. The van der Waals surface area contributed by atoms with Gasteiger partial charge in [-0.05, 0) is 49.4 Å². The number of ketones is 1. The molecule has 1 aromatic heterocycles. The molecule has 1 unspecified atom stereocenters. The number of rotatable bonds is 4. The first-order chi connectivity index (χ1) is 13.4. The molecule has 1 atom stereocenters. The zero-order valence-electron chi connectivity index (χ0n) is 15.7. The molecule has 3 rings (SSSR count). The number of nitrogens with zero attached hydrogens (tertiary/aromatic N) is 2. The summed E-state index contributed by atoms with van der Waals surface area (Å²) in [7, 11) is 1.81. The quantitative estimate of drug-likeness (QED) is 0.503. The van der Waals surface area contributed by atoms with E-state index in [-0.39, 0.29) is 23.7 Å². The smallest absolute Gasteiger partial charge is 0.338 e. The molecule has 0 saturated heterocycles. The van der Waals surface area contributed by atoms with Crippen molar-refractivity contribution >= 4 is 17.8 Å². The summed E-state index contributed by atoms with van der Waals surface area (Å²) in [5, 5.41) is 10.9. The standard InChI is InChI=1S/C22H20N2O4/c1-3-28-21(26)17-8-6-16(7-9-17)5-4-11-22(27)12-10-19(25)18(22)15-20-23-13-14-24(20)2/h6-10,12-15,27H,3,11H2,1-2H3/b18-15-. The SMILES string of the molecule is CCOC(=O)c1ccc(C#CCC2(O)C=CC(=O)/C2=C/c2nccn2C)cc1. The minimum Gasteiger partial charge on any atom is -0.462 e. The lowest BCUT2D eigenvalue weighted by atomic mass is 9.92. The van der Waals surface area contributed by atoms with Gasteiger partial charge in [0.1, 0.15) is 11.4 Å². The Hall–Kier alpha value is -3.43. The van der Waals surface area contributed by atoms with E-state index in [0.717, 1.165) is 0 Å². The number of allylic oxidation sites excluding steroid dienone is 1. The Kier molecular flexibility index (Phi) is 5.57. The molecule has 2 aromatic rings. The molecule has 142 valence electrons. The largest absolute Gasteiger partial charge is 0.462 e. The summed E-state index contributed by atoms with van der Waals surface area (Å²) >= 11 is 0. The van der Waals surface area contributed by atoms with Crippen molar-refractivity contribution < 1.29 is 19.4 Å². The predicted molar refractivity (Wildman–Crippen MR) is 104 cm³/mol. The first-order valence-corrected chi connectivity index (χ1v) is 8.84.